The van der Waals surface area contributed by atoms with Crippen LogP contribution in [0.1, 0.15) is 77.6 Å². The number of hydrogen-bond acceptors (Lipinski definition) is 4. The molecule has 3 heterocycles. The average Bonchev–Trinajstić information content (AvgIpc) is 3.33. The molecule has 0 N–H and O–H groups in total. The van der Waals surface area contributed by atoms with Crippen LogP contribution in [0, 0.1) is 23.2 Å². The fourth-order valence-electron chi connectivity index (χ4n) is 9.03. The Bertz CT molecular complexity index is 816. The van der Waals surface area contributed by atoms with Gasteiger partial charge in [-0.05, 0) is 95.3 Å². The van der Waals surface area contributed by atoms with Crippen LogP contribution in [0.15, 0.2) is 0 Å². The van der Waals surface area contributed by atoms with Gasteiger partial charge in [0.25, 0.3) is 0 Å². The number of piperazine rings is 1. The van der Waals surface area contributed by atoms with Crippen LogP contribution in [0.4, 0.5) is 0 Å². The molecule has 7 aliphatic rings. The predicted octanol–water partition coefficient (Wildman–Crippen LogP) is 2.74. The van der Waals surface area contributed by atoms with Gasteiger partial charge >= 0.3 is 0 Å². The number of carbonyl (C=O) groups is 3. The third-order valence-corrected chi connectivity index (χ3v) is 10.5. The number of piperidine rings is 1. The summed E-state index contributed by atoms with van der Waals surface area (Å²) in [7, 11) is 0. The Kier molecular flexibility index (Phi) is 6.34. The molecule has 7 fully saturated rings. The zero-order valence-electron chi connectivity index (χ0n) is 21.6. The lowest BCUT2D eigenvalue weighted by Crippen LogP contribution is -2.59. The molecular formula is C28H44N4O3. The Morgan fingerprint density at radius 2 is 1.37 bits per heavy atom. The Labute approximate surface area is 210 Å². The van der Waals surface area contributed by atoms with E-state index in [1.165, 1.54) is 25.7 Å². The summed E-state index contributed by atoms with van der Waals surface area (Å²) >= 11 is 0. The van der Waals surface area contributed by atoms with Crippen LogP contribution >= 0.6 is 0 Å². The van der Waals surface area contributed by atoms with Gasteiger partial charge in [0.05, 0.1) is 12.0 Å². The summed E-state index contributed by atoms with van der Waals surface area (Å²) in [6, 6.07) is 0.0804. The van der Waals surface area contributed by atoms with E-state index in [0.29, 0.717) is 31.6 Å². The fraction of sp³-hybridized carbons (Fsp3) is 0.893. The first-order valence-corrected chi connectivity index (χ1v) is 14.5. The standard InChI is InChI=1S/C28H44N4O3/c1-20-5-2-3-7-31(20)25(33)19-29-9-11-30(12-10-29)26(34)24-6-4-8-32(24)27(35)28-16-21-13-22(17-28)15-23(14-21)18-28/h20-24H,2-19H2,1H3. The minimum absolute atomic E-state index is 0.149. The largest absolute Gasteiger partial charge is 0.339 e. The molecule has 2 atom stereocenters. The van der Waals surface area contributed by atoms with Crippen molar-refractivity contribution in [1.82, 2.24) is 19.6 Å². The minimum atomic E-state index is -0.266. The van der Waals surface area contributed by atoms with Crippen LogP contribution in [0.2, 0.25) is 0 Å². The van der Waals surface area contributed by atoms with E-state index in [9.17, 15) is 14.4 Å². The van der Waals surface area contributed by atoms with E-state index in [0.717, 1.165) is 88.9 Å². The average molecular weight is 485 g/mol. The molecule has 35 heavy (non-hydrogen) atoms. The summed E-state index contributed by atoms with van der Waals surface area (Å²) in [4.78, 5) is 48.6. The van der Waals surface area contributed by atoms with Crippen molar-refractivity contribution in [3.8, 4) is 0 Å². The molecular weight excluding hydrogens is 440 g/mol. The molecule has 7 heteroatoms. The Morgan fingerprint density at radius 1 is 0.743 bits per heavy atom. The van der Waals surface area contributed by atoms with Crippen LogP contribution in [0.3, 0.4) is 0 Å². The lowest BCUT2D eigenvalue weighted by Gasteiger charge is -2.56. The second kappa shape index (κ2) is 9.35. The van der Waals surface area contributed by atoms with E-state index in [1.54, 1.807) is 0 Å². The molecule has 0 radical (unpaired) electrons. The minimum Gasteiger partial charge on any atom is -0.339 e. The lowest BCUT2D eigenvalue weighted by molar-refractivity contribution is -0.162. The molecule has 4 bridgehead atoms. The normalized spacial score (nSPS) is 39.3. The second-order valence-corrected chi connectivity index (χ2v) is 12.9. The Hall–Kier alpha value is -1.63. The van der Waals surface area contributed by atoms with E-state index in [2.05, 4.69) is 11.8 Å². The van der Waals surface area contributed by atoms with Gasteiger partial charge in [-0.15, -0.1) is 0 Å². The number of hydrogen-bond donors (Lipinski definition) is 0. The van der Waals surface area contributed by atoms with E-state index >= 15 is 0 Å². The van der Waals surface area contributed by atoms with Crippen LogP contribution in [0.25, 0.3) is 0 Å². The van der Waals surface area contributed by atoms with Crippen LogP contribution in [-0.4, -0.2) is 95.2 Å². The summed E-state index contributed by atoms with van der Waals surface area (Å²) in [5.74, 6) is 2.92. The lowest BCUT2D eigenvalue weighted by atomic mass is 9.49. The van der Waals surface area contributed by atoms with Gasteiger partial charge in [0.15, 0.2) is 0 Å². The van der Waals surface area contributed by atoms with E-state index in [-0.39, 0.29) is 23.3 Å². The maximum Gasteiger partial charge on any atom is 0.245 e. The summed E-state index contributed by atoms with van der Waals surface area (Å²) in [6.45, 7) is 7.07. The molecule has 4 saturated carbocycles. The van der Waals surface area contributed by atoms with Gasteiger partial charge in [0.2, 0.25) is 17.7 Å². The van der Waals surface area contributed by atoms with Gasteiger partial charge in [-0.2, -0.15) is 0 Å². The number of rotatable bonds is 4. The molecule has 0 aromatic heterocycles. The van der Waals surface area contributed by atoms with Gasteiger partial charge in [-0.25, -0.2) is 0 Å². The quantitative estimate of drug-likeness (QED) is 0.616. The Balaban J connectivity index is 1.04. The molecule has 0 spiro atoms. The first-order valence-electron chi connectivity index (χ1n) is 14.5. The molecule has 7 rings (SSSR count). The van der Waals surface area contributed by atoms with Crippen molar-refractivity contribution in [3.63, 3.8) is 0 Å². The number of nitrogens with zero attached hydrogens (tertiary/aromatic N) is 4. The van der Waals surface area contributed by atoms with E-state index < -0.39 is 0 Å². The van der Waals surface area contributed by atoms with Crippen molar-refractivity contribution in [2.45, 2.75) is 89.6 Å². The zero-order chi connectivity index (χ0) is 24.2. The first kappa shape index (κ1) is 23.7. The zero-order valence-corrected chi connectivity index (χ0v) is 21.6. The van der Waals surface area contributed by atoms with Gasteiger partial charge in [-0.3, -0.25) is 19.3 Å². The summed E-state index contributed by atoms with van der Waals surface area (Å²) < 4.78 is 0. The molecule has 3 saturated heterocycles. The maximum absolute atomic E-state index is 14.0. The highest BCUT2D eigenvalue weighted by atomic mass is 16.2. The van der Waals surface area contributed by atoms with Crippen molar-refractivity contribution in [2.24, 2.45) is 23.2 Å². The van der Waals surface area contributed by atoms with Crippen molar-refractivity contribution >= 4 is 17.7 Å². The van der Waals surface area contributed by atoms with Crippen molar-refractivity contribution in [2.75, 3.05) is 45.8 Å². The molecule has 7 nitrogen and oxygen atoms in total. The van der Waals surface area contributed by atoms with E-state index in [4.69, 9.17) is 0 Å². The van der Waals surface area contributed by atoms with Crippen LogP contribution in [0.5, 0.6) is 0 Å². The van der Waals surface area contributed by atoms with Gasteiger partial charge in [-0.1, -0.05) is 0 Å². The Morgan fingerprint density at radius 3 is 2.00 bits per heavy atom. The van der Waals surface area contributed by atoms with Crippen molar-refractivity contribution < 1.29 is 14.4 Å². The van der Waals surface area contributed by atoms with Gasteiger partial charge < -0.3 is 14.7 Å². The summed E-state index contributed by atoms with van der Waals surface area (Å²) in [6.07, 6.45) is 12.4. The number of likely N-dealkylation sites (tertiary alicyclic amines) is 2. The van der Waals surface area contributed by atoms with E-state index in [1.807, 2.05) is 14.7 Å². The summed E-state index contributed by atoms with van der Waals surface area (Å²) in [5, 5.41) is 0. The highest BCUT2D eigenvalue weighted by Crippen LogP contribution is 2.60. The smallest absolute Gasteiger partial charge is 0.245 e. The SMILES string of the molecule is CC1CCCCN1C(=O)CN1CCN(C(=O)C2CCCN2C(=O)C23CC4CC(CC(C4)C2)C3)CC1. The van der Waals surface area contributed by atoms with Crippen molar-refractivity contribution in [1.29, 1.82) is 0 Å². The highest BCUT2D eigenvalue weighted by Gasteiger charge is 2.57. The maximum atomic E-state index is 14.0. The second-order valence-electron chi connectivity index (χ2n) is 12.9. The van der Waals surface area contributed by atoms with Crippen LogP contribution in [-0.2, 0) is 14.4 Å². The monoisotopic (exact) mass is 484 g/mol. The molecule has 0 aromatic rings. The van der Waals surface area contributed by atoms with Gasteiger partial charge in [0.1, 0.15) is 6.04 Å². The molecule has 194 valence electrons. The molecule has 3 amide bonds. The first-order chi connectivity index (χ1) is 16.9. The molecule has 0 aromatic carbocycles. The molecule has 2 unspecified atom stereocenters. The van der Waals surface area contributed by atoms with Gasteiger partial charge in [0, 0.05) is 45.3 Å². The fourth-order valence-corrected chi connectivity index (χ4v) is 9.03. The molecule has 3 aliphatic heterocycles. The third-order valence-electron chi connectivity index (χ3n) is 10.5. The number of amides is 3. The summed E-state index contributed by atoms with van der Waals surface area (Å²) in [5.41, 5.74) is -0.164. The predicted molar refractivity (Wildman–Crippen MR) is 133 cm³/mol. The van der Waals surface area contributed by atoms with Crippen LogP contribution < -0.4 is 0 Å². The molecule has 4 aliphatic carbocycles. The highest BCUT2D eigenvalue weighted by molar-refractivity contribution is 5.91. The van der Waals surface area contributed by atoms with Crippen molar-refractivity contribution in [3.05, 3.63) is 0 Å². The topological polar surface area (TPSA) is 64.2 Å². The number of carbonyl (C=O) groups excluding carboxylic acids is 3. The third kappa shape index (κ3) is 4.40.